The summed E-state index contributed by atoms with van der Waals surface area (Å²) < 4.78 is 2.25. The van der Waals surface area contributed by atoms with Gasteiger partial charge in [-0.3, -0.25) is 23.5 Å². The third kappa shape index (κ3) is 4.16. The van der Waals surface area contributed by atoms with Crippen LogP contribution >= 0.6 is 11.8 Å². The van der Waals surface area contributed by atoms with Crippen LogP contribution in [0.1, 0.15) is 26.6 Å². The zero-order valence-electron chi connectivity index (χ0n) is 17.1. The Balaban J connectivity index is 2.82. The molecule has 0 radical (unpaired) electrons. The molecule has 152 valence electrons. The lowest BCUT2D eigenvalue weighted by molar-refractivity contribution is -0.132. The van der Waals surface area contributed by atoms with Crippen molar-refractivity contribution in [3.8, 4) is 0 Å². The normalized spacial score (nSPS) is 12.4. The van der Waals surface area contributed by atoms with Crippen molar-refractivity contribution >= 4 is 34.5 Å². The van der Waals surface area contributed by atoms with E-state index in [4.69, 9.17) is 0 Å². The molecule has 0 aliphatic rings. The van der Waals surface area contributed by atoms with Crippen molar-refractivity contribution in [3.63, 3.8) is 0 Å². The van der Waals surface area contributed by atoms with Crippen molar-refractivity contribution < 1.29 is 9.59 Å². The summed E-state index contributed by atoms with van der Waals surface area (Å²) in [4.78, 5) is 59.9. The fourth-order valence-electron chi connectivity index (χ4n) is 2.67. The quantitative estimate of drug-likeness (QED) is 0.387. The summed E-state index contributed by atoms with van der Waals surface area (Å²) in [5.74, 6) is -0.0439. The molecule has 1 amide bonds. The molecule has 9 nitrogen and oxygen atoms in total. The van der Waals surface area contributed by atoms with Crippen LogP contribution in [-0.2, 0) is 30.1 Å². The average Bonchev–Trinajstić information content (AvgIpc) is 2.60. The van der Waals surface area contributed by atoms with E-state index in [2.05, 4.69) is 9.97 Å². The number of thioether (sulfide) groups is 1. The molecule has 28 heavy (non-hydrogen) atoms. The molecule has 10 heteroatoms. The minimum atomic E-state index is -1.04. The first-order valence-corrected chi connectivity index (χ1v) is 9.68. The Labute approximate surface area is 166 Å². The first kappa shape index (κ1) is 21.8. The molecule has 0 saturated carbocycles. The van der Waals surface area contributed by atoms with E-state index in [-0.39, 0.29) is 27.8 Å². The number of amides is 1. The second-order valence-corrected chi connectivity index (χ2v) is 8.38. The number of Topliss-reactive ketones (excluding diaryl/α,β-unsaturated/α-hetero) is 1. The van der Waals surface area contributed by atoms with Gasteiger partial charge >= 0.3 is 5.69 Å². The molecule has 0 aliphatic heterocycles. The molecule has 2 rings (SSSR count). The molecule has 0 aromatic carbocycles. The van der Waals surface area contributed by atoms with Gasteiger partial charge in [0.2, 0.25) is 5.91 Å². The first-order valence-electron chi connectivity index (χ1n) is 8.80. The number of hydrogen-bond acceptors (Lipinski definition) is 7. The number of carbonyl (C=O) groups is 2. The van der Waals surface area contributed by atoms with Crippen LogP contribution in [0, 0.1) is 5.92 Å². The van der Waals surface area contributed by atoms with Gasteiger partial charge in [0.25, 0.3) is 5.56 Å². The van der Waals surface area contributed by atoms with E-state index in [1.54, 1.807) is 14.1 Å². The van der Waals surface area contributed by atoms with E-state index in [1.807, 2.05) is 13.8 Å². The topological polar surface area (TPSA) is 107 Å². The number of aromatic nitrogens is 4. The van der Waals surface area contributed by atoms with Gasteiger partial charge in [-0.25, -0.2) is 14.8 Å². The van der Waals surface area contributed by atoms with Crippen molar-refractivity contribution in [2.24, 2.45) is 20.0 Å². The van der Waals surface area contributed by atoms with Crippen LogP contribution in [0.15, 0.2) is 14.6 Å². The number of carbonyl (C=O) groups excluding carboxylic acids is 2. The van der Waals surface area contributed by atoms with Gasteiger partial charge in [0.1, 0.15) is 21.5 Å². The molecule has 0 aliphatic carbocycles. The molecule has 0 spiro atoms. The number of fused-ring (bicyclic) bond motifs is 1. The predicted molar refractivity (Wildman–Crippen MR) is 108 cm³/mol. The summed E-state index contributed by atoms with van der Waals surface area (Å²) in [6.45, 7) is 5.32. The highest BCUT2D eigenvalue weighted by molar-refractivity contribution is 8.01. The van der Waals surface area contributed by atoms with E-state index in [1.165, 1.54) is 30.5 Å². The number of nitrogens with zero attached hydrogens (tertiary/aromatic N) is 5. The summed E-state index contributed by atoms with van der Waals surface area (Å²) in [5, 5.41) is -0.686. The summed E-state index contributed by atoms with van der Waals surface area (Å²) >= 11 is 0.921. The lowest BCUT2D eigenvalue weighted by Crippen LogP contribution is -2.38. The second-order valence-electron chi connectivity index (χ2n) is 7.29. The Kier molecular flexibility index (Phi) is 6.43. The third-order valence-corrected chi connectivity index (χ3v) is 5.46. The van der Waals surface area contributed by atoms with E-state index >= 15 is 0 Å². The van der Waals surface area contributed by atoms with E-state index in [0.29, 0.717) is 12.2 Å². The predicted octanol–water partition coefficient (Wildman–Crippen LogP) is 0.364. The van der Waals surface area contributed by atoms with Crippen molar-refractivity contribution in [1.82, 2.24) is 24.0 Å². The molecule has 0 fully saturated rings. The van der Waals surface area contributed by atoms with Gasteiger partial charge in [-0.2, -0.15) is 0 Å². The van der Waals surface area contributed by atoms with Crippen LogP contribution in [0.3, 0.4) is 0 Å². The summed E-state index contributed by atoms with van der Waals surface area (Å²) in [7, 11) is 6.01. The fourth-order valence-corrected chi connectivity index (χ4v) is 3.82. The lowest BCUT2D eigenvalue weighted by atomic mass is 10.1. The van der Waals surface area contributed by atoms with Gasteiger partial charge in [0.05, 0.1) is 0 Å². The van der Waals surface area contributed by atoms with Gasteiger partial charge in [0, 0.05) is 34.6 Å². The van der Waals surface area contributed by atoms with Gasteiger partial charge in [-0.15, -0.1) is 0 Å². The maximum atomic E-state index is 12.8. The Morgan fingerprint density at radius 2 is 1.71 bits per heavy atom. The van der Waals surface area contributed by atoms with Crippen molar-refractivity contribution in [3.05, 3.63) is 26.7 Å². The molecule has 0 unspecified atom stereocenters. The lowest BCUT2D eigenvalue weighted by Gasteiger charge is -2.19. The Morgan fingerprint density at radius 1 is 1.11 bits per heavy atom. The van der Waals surface area contributed by atoms with Gasteiger partial charge in [-0.05, 0) is 12.8 Å². The summed E-state index contributed by atoms with van der Waals surface area (Å²) in [6.07, 6.45) is 0.527. The van der Waals surface area contributed by atoms with Crippen LogP contribution in [0.25, 0.3) is 11.0 Å². The largest absolute Gasteiger partial charge is 0.347 e. The molecule has 0 N–H and O–H groups in total. The van der Waals surface area contributed by atoms with Crippen LogP contribution in [0.2, 0.25) is 0 Å². The second kappa shape index (κ2) is 8.26. The molecule has 0 bridgehead atoms. The van der Waals surface area contributed by atoms with Crippen LogP contribution in [0.4, 0.5) is 0 Å². The number of aryl methyl sites for hydroxylation is 1. The third-order valence-electron chi connectivity index (χ3n) is 4.17. The molecule has 2 heterocycles. The number of rotatable bonds is 6. The van der Waals surface area contributed by atoms with Gasteiger partial charge < -0.3 is 4.90 Å². The zero-order valence-corrected chi connectivity index (χ0v) is 18.0. The molecule has 2 aromatic heterocycles. The van der Waals surface area contributed by atoms with E-state index in [9.17, 15) is 19.2 Å². The Hall–Kier alpha value is -2.49. The average molecular weight is 407 g/mol. The van der Waals surface area contributed by atoms with E-state index in [0.717, 1.165) is 16.3 Å². The molecular formula is C18H25N5O4S. The summed E-state index contributed by atoms with van der Waals surface area (Å²) in [6, 6.07) is 0. The van der Waals surface area contributed by atoms with Crippen LogP contribution < -0.4 is 11.2 Å². The number of hydrogen-bond donors (Lipinski definition) is 0. The molecule has 0 saturated heterocycles. The monoisotopic (exact) mass is 407 g/mol. The fraction of sp³-hybridized carbons (Fsp3) is 0.556. The van der Waals surface area contributed by atoms with Gasteiger partial charge in [0.15, 0.2) is 11.4 Å². The molecule has 2 aromatic rings. The Bertz CT molecular complexity index is 1050. The van der Waals surface area contributed by atoms with E-state index < -0.39 is 22.4 Å². The first-order chi connectivity index (χ1) is 13.0. The van der Waals surface area contributed by atoms with Gasteiger partial charge in [-0.1, -0.05) is 25.6 Å². The highest BCUT2D eigenvalue weighted by Crippen LogP contribution is 2.28. The summed E-state index contributed by atoms with van der Waals surface area (Å²) in [5.41, 5.74) is -0.868. The van der Waals surface area contributed by atoms with Crippen molar-refractivity contribution in [2.75, 3.05) is 14.1 Å². The van der Waals surface area contributed by atoms with Crippen LogP contribution in [-0.4, -0.2) is 55.0 Å². The maximum absolute atomic E-state index is 12.8. The minimum Gasteiger partial charge on any atom is -0.347 e. The highest BCUT2D eigenvalue weighted by Gasteiger charge is 2.29. The SMILES string of the molecule is CC(=O)[C@H](Sc1nc(CC(C)C)nc2c1c(=O)n(C)c(=O)n2C)C(=O)N(C)C. The van der Waals surface area contributed by atoms with Crippen molar-refractivity contribution in [1.29, 1.82) is 0 Å². The number of ketones is 1. The Morgan fingerprint density at radius 3 is 2.21 bits per heavy atom. The van der Waals surface area contributed by atoms with Crippen molar-refractivity contribution in [2.45, 2.75) is 37.5 Å². The molecule has 1 atom stereocenters. The smallest absolute Gasteiger partial charge is 0.332 e. The zero-order chi connectivity index (χ0) is 21.3. The minimum absolute atomic E-state index is 0.125. The highest BCUT2D eigenvalue weighted by atomic mass is 32.2. The standard InChI is InChI=1S/C18H25N5O4S/c1-9(2)8-11-19-14-12(16(25)23(7)18(27)22(14)6)15(20-11)28-13(10(3)24)17(26)21(4)5/h9,13H,8H2,1-7H3/t13-/m0/s1. The molecular weight excluding hydrogens is 382 g/mol. The maximum Gasteiger partial charge on any atom is 0.332 e. The van der Waals surface area contributed by atoms with Crippen LogP contribution in [0.5, 0.6) is 0 Å².